The molecular formula is C15H30N2. The maximum atomic E-state index is 3.70. The molecule has 0 spiro atoms. The van der Waals surface area contributed by atoms with Crippen molar-refractivity contribution in [3.63, 3.8) is 0 Å². The maximum absolute atomic E-state index is 3.70. The summed E-state index contributed by atoms with van der Waals surface area (Å²) >= 11 is 0. The van der Waals surface area contributed by atoms with Gasteiger partial charge in [-0.25, -0.2) is 0 Å². The van der Waals surface area contributed by atoms with E-state index >= 15 is 0 Å². The predicted molar refractivity (Wildman–Crippen MR) is 74.3 cm³/mol. The second-order valence-electron chi connectivity index (χ2n) is 6.29. The van der Waals surface area contributed by atoms with E-state index in [1.807, 2.05) is 0 Å². The number of piperidine rings is 1. The number of hydrogen-bond acceptors (Lipinski definition) is 2. The Kier molecular flexibility index (Phi) is 5.30. The average molecular weight is 238 g/mol. The highest BCUT2D eigenvalue weighted by molar-refractivity contribution is 4.80. The zero-order valence-electron chi connectivity index (χ0n) is 11.8. The Labute approximate surface area is 107 Å². The summed E-state index contributed by atoms with van der Waals surface area (Å²) in [5.74, 6) is 1.93. The SMILES string of the molecule is CCC1CCCN(CC2CC(C)CCN2)CC1. The molecule has 2 nitrogen and oxygen atoms in total. The summed E-state index contributed by atoms with van der Waals surface area (Å²) in [6.07, 6.45) is 8.44. The quantitative estimate of drug-likeness (QED) is 0.813. The molecule has 1 N–H and O–H groups in total. The van der Waals surface area contributed by atoms with Gasteiger partial charge < -0.3 is 10.2 Å². The summed E-state index contributed by atoms with van der Waals surface area (Å²) in [6, 6.07) is 0.761. The standard InChI is InChI=1S/C15H30N2/c1-3-14-5-4-9-17(10-7-14)12-15-11-13(2)6-8-16-15/h13-16H,3-12H2,1-2H3. The van der Waals surface area contributed by atoms with Crippen LogP contribution in [0.3, 0.4) is 0 Å². The van der Waals surface area contributed by atoms with Gasteiger partial charge in [0.05, 0.1) is 0 Å². The molecule has 2 aliphatic rings. The molecule has 0 aromatic heterocycles. The molecule has 100 valence electrons. The Morgan fingerprint density at radius 1 is 1.18 bits per heavy atom. The van der Waals surface area contributed by atoms with E-state index in [1.165, 1.54) is 64.7 Å². The summed E-state index contributed by atoms with van der Waals surface area (Å²) in [5.41, 5.74) is 0. The van der Waals surface area contributed by atoms with Gasteiger partial charge in [-0.1, -0.05) is 20.3 Å². The number of hydrogen-bond donors (Lipinski definition) is 1. The van der Waals surface area contributed by atoms with Gasteiger partial charge in [0.15, 0.2) is 0 Å². The van der Waals surface area contributed by atoms with E-state index < -0.39 is 0 Å². The molecule has 2 fully saturated rings. The van der Waals surface area contributed by atoms with Crippen LogP contribution in [0.4, 0.5) is 0 Å². The normalized spacial score (nSPS) is 36.7. The Morgan fingerprint density at radius 2 is 2.06 bits per heavy atom. The monoisotopic (exact) mass is 238 g/mol. The van der Waals surface area contributed by atoms with E-state index in [1.54, 1.807) is 0 Å². The highest BCUT2D eigenvalue weighted by Gasteiger charge is 2.22. The maximum Gasteiger partial charge on any atom is 0.0197 e. The fourth-order valence-electron chi connectivity index (χ4n) is 3.49. The molecule has 3 unspecified atom stereocenters. The fourth-order valence-corrected chi connectivity index (χ4v) is 3.49. The van der Waals surface area contributed by atoms with Crippen LogP contribution in [-0.2, 0) is 0 Å². The lowest BCUT2D eigenvalue weighted by molar-refractivity contribution is 0.209. The molecule has 0 amide bonds. The van der Waals surface area contributed by atoms with Crippen molar-refractivity contribution in [2.45, 2.75) is 58.4 Å². The van der Waals surface area contributed by atoms with Crippen LogP contribution in [0, 0.1) is 11.8 Å². The van der Waals surface area contributed by atoms with Gasteiger partial charge >= 0.3 is 0 Å². The first-order valence-corrected chi connectivity index (χ1v) is 7.73. The van der Waals surface area contributed by atoms with Crippen LogP contribution >= 0.6 is 0 Å². The zero-order valence-corrected chi connectivity index (χ0v) is 11.8. The number of nitrogens with zero attached hydrogens (tertiary/aromatic N) is 1. The lowest BCUT2D eigenvalue weighted by Gasteiger charge is -2.32. The average Bonchev–Trinajstić information content (AvgIpc) is 2.54. The molecule has 17 heavy (non-hydrogen) atoms. The molecule has 2 aliphatic heterocycles. The van der Waals surface area contributed by atoms with Gasteiger partial charge in [-0.05, 0) is 63.6 Å². The molecule has 0 aliphatic carbocycles. The van der Waals surface area contributed by atoms with Gasteiger partial charge in [-0.2, -0.15) is 0 Å². The van der Waals surface area contributed by atoms with E-state index in [0.717, 1.165) is 17.9 Å². The second kappa shape index (κ2) is 6.75. The smallest absolute Gasteiger partial charge is 0.0197 e. The van der Waals surface area contributed by atoms with Crippen LogP contribution in [0.15, 0.2) is 0 Å². The van der Waals surface area contributed by atoms with Gasteiger partial charge in [0.25, 0.3) is 0 Å². The van der Waals surface area contributed by atoms with Crippen molar-refractivity contribution in [1.29, 1.82) is 0 Å². The van der Waals surface area contributed by atoms with E-state index in [0.29, 0.717) is 0 Å². The van der Waals surface area contributed by atoms with E-state index in [-0.39, 0.29) is 0 Å². The molecule has 3 atom stereocenters. The summed E-state index contributed by atoms with van der Waals surface area (Å²) in [6.45, 7) is 9.96. The first-order valence-electron chi connectivity index (χ1n) is 7.73. The Morgan fingerprint density at radius 3 is 2.82 bits per heavy atom. The van der Waals surface area contributed by atoms with E-state index in [4.69, 9.17) is 0 Å². The zero-order chi connectivity index (χ0) is 12.1. The highest BCUT2D eigenvalue weighted by atomic mass is 15.1. The number of nitrogens with one attached hydrogen (secondary N) is 1. The van der Waals surface area contributed by atoms with Crippen molar-refractivity contribution in [2.24, 2.45) is 11.8 Å². The Bertz CT molecular complexity index is 217. The third kappa shape index (κ3) is 4.26. The first-order chi connectivity index (χ1) is 8.28. The summed E-state index contributed by atoms with van der Waals surface area (Å²) in [5, 5.41) is 3.70. The summed E-state index contributed by atoms with van der Waals surface area (Å²) in [4.78, 5) is 2.71. The minimum absolute atomic E-state index is 0.761. The molecule has 0 saturated carbocycles. The minimum Gasteiger partial charge on any atom is -0.313 e. The van der Waals surface area contributed by atoms with Crippen molar-refractivity contribution in [3.8, 4) is 0 Å². The summed E-state index contributed by atoms with van der Waals surface area (Å²) in [7, 11) is 0. The molecule has 0 radical (unpaired) electrons. The number of likely N-dealkylation sites (tertiary alicyclic amines) is 1. The molecule has 2 heterocycles. The predicted octanol–water partition coefficient (Wildman–Crippen LogP) is 2.89. The molecule has 2 rings (SSSR count). The Hall–Kier alpha value is -0.0800. The van der Waals surface area contributed by atoms with Crippen LogP contribution in [-0.4, -0.2) is 37.1 Å². The minimum atomic E-state index is 0.761. The molecule has 2 saturated heterocycles. The molecular weight excluding hydrogens is 208 g/mol. The fraction of sp³-hybridized carbons (Fsp3) is 1.00. The van der Waals surface area contributed by atoms with Crippen LogP contribution in [0.5, 0.6) is 0 Å². The lowest BCUT2D eigenvalue weighted by Crippen LogP contribution is -2.45. The van der Waals surface area contributed by atoms with Crippen LogP contribution in [0.2, 0.25) is 0 Å². The third-order valence-electron chi connectivity index (χ3n) is 4.75. The van der Waals surface area contributed by atoms with Crippen molar-refractivity contribution in [3.05, 3.63) is 0 Å². The molecule has 0 aromatic rings. The van der Waals surface area contributed by atoms with Crippen LogP contribution < -0.4 is 5.32 Å². The van der Waals surface area contributed by atoms with Crippen molar-refractivity contribution >= 4 is 0 Å². The van der Waals surface area contributed by atoms with Crippen LogP contribution in [0.1, 0.15) is 52.4 Å². The first kappa shape index (κ1) is 13.4. The van der Waals surface area contributed by atoms with Gasteiger partial charge in [0.1, 0.15) is 0 Å². The topological polar surface area (TPSA) is 15.3 Å². The molecule has 2 heteroatoms. The van der Waals surface area contributed by atoms with E-state index in [2.05, 4.69) is 24.1 Å². The molecule has 0 bridgehead atoms. The second-order valence-corrected chi connectivity index (χ2v) is 6.29. The van der Waals surface area contributed by atoms with Gasteiger partial charge in [-0.15, -0.1) is 0 Å². The van der Waals surface area contributed by atoms with Crippen molar-refractivity contribution in [2.75, 3.05) is 26.2 Å². The third-order valence-corrected chi connectivity index (χ3v) is 4.75. The van der Waals surface area contributed by atoms with Crippen LogP contribution in [0.25, 0.3) is 0 Å². The number of rotatable bonds is 3. The summed E-state index contributed by atoms with van der Waals surface area (Å²) < 4.78 is 0. The van der Waals surface area contributed by atoms with Gasteiger partial charge in [-0.3, -0.25) is 0 Å². The largest absolute Gasteiger partial charge is 0.313 e. The van der Waals surface area contributed by atoms with Crippen molar-refractivity contribution < 1.29 is 0 Å². The lowest BCUT2D eigenvalue weighted by atomic mass is 9.94. The van der Waals surface area contributed by atoms with Gasteiger partial charge in [0.2, 0.25) is 0 Å². The van der Waals surface area contributed by atoms with E-state index in [9.17, 15) is 0 Å². The van der Waals surface area contributed by atoms with Gasteiger partial charge in [0, 0.05) is 12.6 Å². The molecule has 0 aromatic carbocycles. The Balaban J connectivity index is 1.74. The van der Waals surface area contributed by atoms with Crippen molar-refractivity contribution in [1.82, 2.24) is 10.2 Å². The highest BCUT2D eigenvalue weighted by Crippen LogP contribution is 2.21.